The van der Waals surface area contributed by atoms with E-state index >= 15 is 0 Å². The first-order valence-electron chi connectivity index (χ1n) is 6.39. The molecule has 0 unspecified atom stereocenters. The van der Waals surface area contributed by atoms with Crippen LogP contribution in [-0.2, 0) is 4.79 Å². The van der Waals surface area contributed by atoms with E-state index in [1.807, 2.05) is 0 Å². The van der Waals surface area contributed by atoms with Gasteiger partial charge in [0.1, 0.15) is 0 Å². The van der Waals surface area contributed by atoms with E-state index in [-0.39, 0.29) is 6.42 Å². The van der Waals surface area contributed by atoms with Crippen LogP contribution >= 0.6 is 0 Å². The molecule has 0 saturated carbocycles. The van der Waals surface area contributed by atoms with Crippen molar-refractivity contribution in [2.45, 2.75) is 39.2 Å². The van der Waals surface area contributed by atoms with Gasteiger partial charge in [-0.15, -0.1) is 0 Å². The fraction of sp³-hybridized carbons (Fsp3) is 0.769. The third-order valence-electron chi connectivity index (χ3n) is 3.12. The van der Waals surface area contributed by atoms with Gasteiger partial charge in [-0.3, -0.25) is 9.69 Å². The predicted octanol–water partition coefficient (Wildman–Crippen LogP) is 1.48. The van der Waals surface area contributed by atoms with E-state index in [0.717, 1.165) is 32.5 Å². The Kier molecular flexibility index (Phi) is 6.22. The van der Waals surface area contributed by atoms with Crippen LogP contribution in [0.5, 0.6) is 0 Å². The first-order valence-corrected chi connectivity index (χ1v) is 6.39. The summed E-state index contributed by atoms with van der Waals surface area (Å²) in [5, 5.41) is 11.9. The number of likely N-dealkylation sites (tertiary alicyclic amines) is 1. The van der Waals surface area contributed by atoms with Crippen molar-refractivity contribution in [3.8, 4) is 0 Å². The lowest BCUT2D eigenvalue weighted by atomic mass is 10.0. The van der Waals surface area contributed by atoms with E-state index in [1.165, 1.54) is 5.57 Å². The topological polar surface area (TPSA) is 52.6 Å². The lowest BCUT2D eigenvalue weighted by molar-refractivity contribution is -0.136. The van der Waals surface area contributed by atoms with Crippen molar-refractivity contribution in [1.82, 2.24) is 10.2 Å². The fourth-order valence-electron chi connectivity index (χ4n) is 2.01. The van der Waals surface area contributed by atoms with Crippen molar-refractivity contribution in [2.24, 2.45) is 0 Å². The molecule has 0 amide bonds. The molecule has 4 heteroatoms. The van der Waals surface area contributed by atoms with Gasteiger partial charge >= 0.3 is 5.97 Å². The molecule has 1 saturated heterocycles. The number of hydrogen-bond acceptors (Lipinski definition) is 3. The van der Waals surface area contributed by atoms with E-state index < -0.39 is 5.97 Å². The minimum absolute atomic E-state index is 0.220. The van der Waals surface area contributed by atoms with Crippen molar-refractivity contribution in [3.05, 3.63) is 11.6 Å². The zero-order valence-electron chi connectivity index (χ0n) is 10.9. The molecule has 1 aliphatic rings. The zero-order chi connectivity index (χ0) is 12.7. The molecule has 1 aliphatic heterocycles. The number of carbonyl (C=O) groups is 1. The van der Waals surface area contributed by atoms with Crippen molar-refractivity contribution in [3.63, 3.8) is 0 Å². The second-order valence-electron chi connectivity index (χ2n) is 4.95. The second-order valence-corrected chi connectivity index (χ2v) is 4.95. The Labute approximate surface area is 104 Å². The Morgan fingerprint density at radius 3 is 2.59 bits per heavy atom. The van der Waals surface area contributed by atoms with Crippen molar-refractivity contribution in [2.75, 3.05) is 26.2 Å². The van der Waals surface area contributed by atoms with Crippen molar-refractivity contribution >= 4 is 5.97 Å². The number of nitrogens with one attached hydrogen (secondary N) is 1. The third kappa shape index (κ3) is 6.44. The predicted molar refractivity (Wildman–Crippen MR) is 69.1 cm³/mol. The van der Waals surface area contributed by atoms with E-state index in [4.69, 9.17) is 5.11 Å². The molecule has 0 aromatic rings. The number of piperidine rings is 1. The zero-order valence-corrected chi connectivity index (χ0v) is 10.9. The molecule has 1 fully saturated rings. The van der Waals surface area contributed by atoms with Gasteiger partial charge in [-0.05, 0) is 39.8 Å². The highest BCUT2D eigenvalue weighted by molar-refractivity contribution is 5.66. The molecule has 1 rings (SSSR count). The molecule has 0 aromatic carbocycles. The summed E-state index contributed by atoms with van der Waals surface area (Å²) in [6.07, 6.45) is 4.72. The molecule has 0 atom stereocenters. The number of carboxylic acids is 1. The van der Waals surface area contributed by atoms with Crippen molar-refractivity contribution < 1.29 is 9.90 Å². The standard InChI is InChI=1S/C13H24N2O2/c1-11(2)4-8-15-9-5-12(6-10-15)14-7-3-13(16)17/h4,12,14H,3,5-10H2,1-2H3,(H,16,17). The molecule has 0 aliphatic carbocycles. The Morgan fingerprint density at radius 1 is 1.41 bits per heavy atom. The van der Waals surface area contributed by atoms with Crippen LogP contribution in [0.4, 0.5) is 0 Å². The summed E-state index contributed by atoms with van der Waals surface area (Å²) in [5.74, 6) is -0.724. The van der Waals surface area contributed by atoms with E-state index in [2.05, 4.69) is 30.1 Å². The first-order chi connectivity index (χ1) is 8.08. The van der Waals surface area contributed by atoms with Gasteiger partial charge in [-0.2, -0.15) is 0 Å². The lowest BCUT2D eigenvalue weighted by Crippen LogP contribution is -2.43. The summed E-state index contributed by atoms with van der Waals surface area (Å²) in [5.41, 5.74) is 1.37. The van der Waals surface area contributed by atoms with E-state index in [0.29, 0.717) is 12.6 Å². The molecule has 98 valence electrons. The highest BCUT2D eigenvalue weighted by Crippen LogP contribution is 2.10. The third-order valence-corrected chi connectivity index (χ3v) is 3.12. The normalized spacial score (nSPS) is 18.0. The Balaban J connectivity index is 2.13. The monoisotopic (exact) mass is 240 g/mol. The van der Waals surface area contributed by atoms with Gasteiger partial charge in [0.2, 0.25) is 0 Å². The van der Waals surface area contributed by atoms with Crippen LogP contribution in [0.25, 0.3) is 0 Å². The molecular formula is C13H24N2O2. The molecule has 4 nitrogen and oxygen atoms in total. The Morgan fingerprint density at radius 2 is 2.06 bits per heavy atom. The maximum absolute atomic E-state index is 10.4. The lowest BCUT2D eigenvalue weighted by Gasteiger charge is -2.31. The quantitative estimate of drug-likeness (QED) is 0.691. The van der Waals surface area contributed by atoms with E-state index in [9.17, 15) is 4.79 Å². The van der Waals surface area contributed by atoms with Gasteiger partial charge in [0, 0.05) is 19.1 Å². The largest absolute Gasteiger partial charge is 0.481 e. The number of allylic oxidation sites excluding steroid dienone is 1. The van der Waals surface area contributed by atoms with Crippen LogP contribution in [0.3, 0.4) is 0 Å². The van der Waals surface area contributed by atoms with Gasteiger partial charge < -0.3 is 10.4 Å². The molecular weight excluding hydrogens is 216 g/mol. The second kappa shape index (κ2) is 7.45. The number of aliphatic carboxylic acids is 1. The smallest absolute Gasteiger partial charge is 0.304 e. The molecule has 17 heavy (non-hydrogen) atoms. The summed E-state index contributed by atoms with van der Waals surface area (Å²) < 4.78 is 0. The average Bonchev–Trinajstić information content (AvgIpc) is 2.27. The molecule has 0 spiro atoms. The van der Waals surface area contributed by atoms with Gasteiger partial charge in [-0.25, -0.2) is 0 Å². The summed E-state index contributed by atoms with van der Waals surface area (Å²) in [7, 11) is 0. The summed E-state index contributed by atoms with van der Waals surface area (Å²) in [6.45, 7) is 8.10. The highest BCUT2D eigenvalue weighted by atomic mass is 16.4. The minimum Gasteiger partial charge on any atom is -0.481 e. The van der Waals surface area contributed by atoms with Crippen LogP contribution in [0, 0.1) is 0 Å². The number of hydrogen-bond donors (Lipinski definition) is 2. The van der Waals surface area contributed by atoms with E-state index in [1.54, 1.807) is 0 Å². The maximum Gasteiger partial charge on any atom is 0.304 e. The number of rotatable bonds is 6. The number of carboxylic acid groups (broad SMARTS) is 1. The molecule has 0 bridgehead atoms. The summed E-state index contributed by atoms with van der Waals surface area (Å²) >= 11 is 0. The Bertz CT molecular complexity index is 265. The van der Waals surface area contributed by atoms with Gasteiger partial charge in [0.05, 0.1) is 6.42 Å². The SMILES string of the molecule is CC(C)=CCN1CCC(NCCC(=O)O)CC1. The van der Waals surface area contributed by atoms with Gasteiger partial charge in [-0.1, -0.05) is 11.6 Å². The summed E-state index contributed by atoms with van der Waals surface area (Å²) in [4.78, 5) is 12.8. The molecule has 0 radical (unpaired) electrons. The Hall–Kier alpha value is -0.870. The first kappa shape index (κ1) is 14.2. The minimum atomic E-state index is -0.724. The van der Waals surface area contributed by atoms with Crippen LogP contribution < -0.4 is 5.32 Å². The molecule has 0 aromatic heterocycles. The maximum atomic E-state index is 10.4. The van der Waals surface area contributed by atoms with Crippen LogP contribution in [0.15, 0.2) is 11.6 Å². The van der Waals surface area contributed by atoms with Crippen molar-refractivity contribution in [1.29, 1.82) is 0 Å². The van der Waals surface area contributed by atoms with Crippen LogP contribution in [0.1, 0.15) is 33.1 Å². The van der Waals surface area contributed by atoms with Crippen LogP contribution in [0.2, 0.25) is 0 Å². The fourth-order valence-corrected chi connectivity index (χ4v) is 2.01. The van der Waals surface area contributed by atoms with Gasteiger partial charge in [0.15, 0.2) is 0 Å². The molecule has 2 N–H and O–H groups in total. The highest BCUT2D eigenvalue weighted by Gasteiger charge is 2.17. The molecule has 1 heterocycles. The average molecular weight is 240 g/mol. The van der Waals surface area contributed by atoms with Crippen LogP contribution in [-0.4, -0.2) is 48.2 Å². The summed E-state index contributed by atoms with van der Waals surface area (Å²) in [6, 6.07) is 0.498. The number of nitrogens with zero attached hydrogens (tertiary/aromatic N) is 1. The van der Waals surface area contributed by atoms with Gasteiger partial charge in [0.25, 0.3) is 0 Å².